The molecule has 2 aliphatic carbocycles. The minimum absolute atomic E-state index is 0.0835. The summed E-state index contributed by atoms with van der Waals surface area (Å²) in [6, 6.07) is 8.92. The van der Waals surface area contributed by atoms with Crippen molar-refractivity contribution < 1.29 is 28.7 Å². The van der Waals surface area contributed by atoms with Crippen molar-refractivity contribution in [3.63, 3.8) is 0 Å². The smallest absolute Gasteiger partial charge is 0.258 e. The number of carbonyl (C=O) groups is 4. The fourth-order valence-corrected chi connectivity index (χ4v) is 7.62. The highest BCUT2D eigenvalue weighted by Gasteiger charge is 2.76. The van der Waals surface area contributed by atoms with Crippen LogP contribution in [0.15, 0.2) is 54.1 Å². The number of amides is 4. The van der Waals surface area contributed by atoms with Crippen LogP contribution in [0.2, 0.25) is 5.02 Å². The van der Waals surface area contributed by atoms with Crippen LogP contribution in [0.1, 0.15) is 24.3 Å². The Hall–Kier alpha value is -2.94. The number of fused-ring (bicyclic) bond motifs is 4. The van der Waals surface area contributed by atoms with Gasteiger partial charge in [0.05, 0.1) is 17.5 Å². The van der Waals surface area contributed by atoms with E-state index in [1.807, 2.05) is 0 Å². The maximum Gasteiger partial charge on any atom is 0.258 e. The first kappa shape index (κ1) is 24.4. The predicted molar refractivity (Wildman–Crippen MR) is 133 cm³/mol. The lowest BCUT2D eigenvalue weighted by Crippen LogP contribution is -2.60. The van der Waals surface area contributed by atoms with E-state index in [4.69, 9.17) is 34.8 Å². The fraction of sp³-hybridized carbons (Fsp3) is 0.308. The van der Waals surface area contributed by atoms with E-state index in [0.29, 0.717) is 11.1 Å². The number of allylic oxidation sites excluding steroid dienone is 2. The van der Waals surface area contributed by atoms with Crippen LogP contribution in [0.25, 0.3) is 0 Å². The van der Waals surface area contributed by atoms with Crippen LogP contribution in [0, 0.1) is 23.6 Å². The fourth-order valence-electron chi connectivity index (χ4n) is 6.41. The van der Waals surface area contributed by atoms with Crippen LogP contribution in [-0.4, -0.2) is 38.5 Å². The highest BCUT2D eigenvalue weighted by molar-refractivity contribution is 6.58. The number of halogens is 4. The summed E-state index contributed by atoms with van der Waals surface area (Å²) >= 11 is 20.9. The van der Waals surface area contributed by atoms with E-state index in [2.05, 4.69) is 5.32 Å². The molecule has 4 aliphatic rings. The van der Waals surface area contributed by atoms with Crippen LogP contribution in [0.3, 0.4) is 0 Å². The van der Waals surface area contributed by atoms with Gasteiger partial charge in [-0.2, -0.15) is 0 Å². The van der Waals surface area contributed by atoms with Gasteiger partial charge in [-0.05, 0) is 60.7 Å². The van der Waals surface area contributed by atoms with Gasteiger partial charge in [0.15, 0.2) is 9.75 Å². The number of imide groups is 2. The third kappa shape index (κ3) is 3.12. The van der Waals surface area contributed by atoms with Gasteiger partial charge in [0, 0.05) is 10.9 Å². The number of hydrogen-bond donors (Lipinski definition) is 2. The predicted octanol–water partition coefficient (Wildman–Crippen LogP) is 4.04. The van der Waals surface area contributed by atoms with Crippen molar-refractivity contribution in [2.24, 2.45) is 17.8 Å². The van der Waals surface area contributed by atoms with Crippen LogP contribution in [0.4, 0.5) is 10.1 Å². The molecule has 0 radical (unpaired) electrons. The molecule has 6 rings (SSSR count). The number of nitrogens with zero attached hydrogens (tertiary/aromatic N) is 1. The number of phenolic OH excluding ortho intramolecular Hbond substituents is 1. The second-order valence-electron chi connectivity index (χ2n) is 9.81. The van der Waals surface area contributed by atoms with Crippen molar-refractivity contribution in [3.8, 4) is 5.75 Å². The molecule has 4 amide bonds. The van der Waals surface area contributed by atoms with E-state index >= 15 is 0 Å². The Morgan fingerprint density at radius 2 is 1.68 bits per heavy atom. The molecule has 190 valence electrons. The number of phenols is 1. The first-order valence-electron chi connectivity index (χ1n) is 11.5. The molecule has 6 unspecified atom stereocenters. The molecule has 3 fully saturated rings. The van der Waals surface area contributed by atoms with Gasteiger partial charge in [-0.3, -0.25) is 24.5 Å². The number of carbonyl (C=O) groups excluding carboxylic acids is 4. The van der Waals surface area contributed by atoms with Gasteiger partial charge in [0.1, 0.15) is 11.6 Å². The number of rotatable bonds is 2. The quantitative estimate of drug-likeness (QED) is 0.326. The third-order valence-corrected chi connectivity index (χ3v) is 9.77. The Labute approximate surface area is 225 Å². The van der Waals surface area contributed by atoms with Gasteiger partial charge in [0.2, 0.25) is 11.8 Å². The SMILES string of the molecule is O=C1NC(=O)C2C1CC=C1C2CC2(Cl)C(=O)N(c3ccc(F)cc3)C(=O)C2(Cl)C1c1ccc(O)cc1Cl. The zero-order valence-electron chi connectivity index (χ0n) is 18.9. The highest BCUT2D eigenvalue weighted by Crippen LogP contribution is 2.66. The van der Waals surface area contributed by atoms with Crippen molar-refractivity contribution in [2.45, 2.75) is 28.5 Å². The number of benzene rings is 2. The van der Waals surface area contributed by atoms with Gasteiger partial charge >= 0.3 is 0 Å². The van der Waals surface area contributed by atoms with Crippen molar-refractivity contribution in [3.05, 3.63) is 70.5 Å². The van der Waals surface area contributed by atoms with Gasteiger partial charge in [0.25, 0.3) is 11.8 Å². The Morgan fingerprint density at radius 1 is 0.973 bits per heavy atom. The van der Waals surface area contributed by atoms with Crippen molar-refractivity contribution in [2.75, 3.05) is 4.90 Å². The summed E-state index contributed by atoms with van der Waals surface area (Å²) in [4.78, 5) is 50.1. The summed E-state index contributed by atoms with van der Waals surface area (Å²) in [5.41, 5.74) is 0.998. The molecular weight excluding hydrogens is 546 g/mol. The number of anilines is 1. The molecule has 0 spiro atoms. The van der Waals surface area contributed by atoms with Crippen LogP contribution < -0.4 is 10.2 Å². The molecule has 2 aromatic rings. The molecule has 2 aromatic carbocycles. The first-order chi connectivity index (χ1) is 17.5. The van der Waals surface area contributed by atoms with Crippen molar-refractivity contribution in [1.82, 2.24) is 5.32 Å². The average Bonchev–Trinajstić information content (AvgIpc) is 3.22. The lowest BCUT2D eigenvalue weighted by Gasteiger charge is -2.50. The molecule has 2 aliphatic heterocycles. The lowest BCUT2D eigenvalue weighted by molar-refractivity contribution is -0.127. The van der Waals surface area contributed by atoms with Crippen molar-refractivity contribution >= 4 is 64.1 Å². The lowest BCUT2D eigenvalue weighted by atomic mass is 9.56. The summed E-state index contributed by atoms with van der Waals surface area (Å²) in [6.07, 6.45) is 1.82. The first-order valence-corrected chi connectivity index (χ1v) is 12.7. The minimum Gasteiger partial charge on any atom is -0.508 e. The Kier molecular flexibility index (Phi) is 5.29. The minimum atomic E-state index is -2.07. The summed E-state index contributed by atoms with van der Waals surface area (Å²) in [7, 11) is 0. The number of aromatic hydroxyl groups is 1. The topological polar surface area (TPSA) is 104 Å². The molecule has 2 heterocycles. The second-order valence-corrected chi connectivity index (χ2v) is 11.5. The summed E-state index contributed by atoms with van der Waals surface area (Å²) in [6.45, 7) is 0. The normalized spacial score (nSPS) is 34.6. The van der Waals surface area contributed by atoms with Gasteiger partial charge in [-0.25, -0.2) is 9.29 Å². The maximum atomic E-state index is 14.1. The molecule has 1 saturated carbocycles. The molecule has 6 atom stereocenters. The molecule has 7 nitrogen and oxygen atoms in total. The summed E-state index contributed by atoms with van der Waals surface area (Å²) in [5.74, 6) is -6.38. The Morgan fingerprint density at radius 3 is 2.35 bits per heavy atom. The Bertz CT molecular complexity index is 1450. The van der Waals surface area contributed by atoms with Crippen LogP contribution >= 0.6 is 34.8 Å². The van der Waals surface area contributed by atoms with E-state index in [1.165, 1.54) is 30.3 Å². The Balaban J connectivity index is 1.59. The monoisotopic (exact) mass is 562 g/mol. The van der Waals surface area contributed by atoms with E-state index < -0.39 is 62.9 Å². The molecule has 37 heavy (non-hydrogen) atoms. The van der Waals surface area contributed by atoms with E-state index in [0.717, 1.165) is 17.0 Å². The molecular formula is C26H18Cl3FN2O5. The summed E-state index contributed by atoms with van der Waals surface area (Å²) in [5, 5.41) is 12.4. The number of nitrogens with one attached hydrogen (secondary N) is 1. The number of hydrogen-bond acceptors (Lipinski definition) is 5. The van der Waals surface area contributed by atoms with Crippen LogP contribution in [-0.2, 0) is 19.2 Å². The molecule has 2 N–H and O–H groups in total. The molecule has 11 heteroatoms. The largest absolute Gasteiger partial charge is 0.508 e. The molecule has 0 bridgehead atoms. The zero-order valence-corrected chi connectivity index (χ0v) is 21.1. The van der Waals surface area contributed by atoms with E-state index in [9.17, 15) is 28.7 Å². The maximum absolute atomic E-state index is 14.1. The standard InChI is InChI=1S/C26H18Cl3FN2O5/c27-18-9-13(33)5-6-15(18)20-14-7-8-16-19(22(35)31-21(16)34)17(14)10-25(28)23(36)32(24(37)26(20,25)29)12-3-1-11(30)2-4-12/h1-7,9,16-17,19-20,33H,8,10H2,(H,31,34,35). The third-order valence-electron chi connectivity index (χ3n) is 8.03. The van der Waals surface area contributed by atoms with Crippen LogP contribution in [0.5, 0.6) is 5.75 Å². The van der Waals surface area contributed by atoms with Gasteiger partial charge in [-0.1, -0.05) is 29.3 Å². The number of alkyl halides is 2. The average molecular weight is 564 g/mol. The summed E-state index contributed by atoms with van der Waals surface area (Å²) < 4.78 is 13.6. The van der Waals surface area contributed by atoms with Gasteiger partial charge < -0.3 is 5.11 Å². The zero-order chi connectivity index (χ0) is 26.4. The molecule has 2 saturated heterocycles. The second kappa shape index (κ2) is 8.03. The van der Waals surface area contributed by atoms with Crippen molar-refractivity contribution in [1.29, 1.82) is 0 Å². The highest BCUT2D eigenvalue weighted by atomic mass is 35.5. The van der Waals surface area contributed by atoms with E-state index in [-0.39, 0.29) is 29.3 Å². The molecule has 0 aromatic heterocycles. The van der Waals surface area contributed by atoms with E-state index in [1.54, 1.807) is 6.08 Å². The van der Waals surface area contributed by atoms with Gasteiger partial charge in [-0.15, -0.1) is 23.2 Å².